The van der Waals surface area contributed by atoms with Gasteiger partial charge in [0.15, 0.2) is 0 Å². The molecule has 1 N–H and O–H groups in total. The summed E-state index contributed by atoms with van der Waals surface area (Å²) in [5.74, 6) is 1.39. The highest BCUT2D eigenvalue weighted by Gasteiger charge is 2.22. The maximum Gasteiger partial charge on any atom is 0.217 e. The van der Waals surface area contributed by atoms with Crippen molar-refractivity contribution >= 4 is 34.9 Å². The fourth-order valence-electron chi connectivity index (χ4n) is 4.16. The summed E-state index contributed by atoms with van der Waals surface area (Å²) < 4.78 is 11.6. The average molecular weight is 476 g/mol. The second-order valence-corrected chi connectivity index (χ2v) is 8.52. The molecule has 3 aromatic rings. The number of ether oxygens (including phenoxy) is 2. The van der Waals surface area contributed by atoms with Crippen LogP contribution >= 0.6 is 24.0 Å². The van der Waals surface area contributed by atoms with Gasteiger partial charge in [-0.25, -0.2) is 9.97 Å². The SMILES string of the molecule is Cc1cccc2ccc(Cl)nc12.Cl.c1cnc(OC2CCNCC2)c(C2CCOCC2)c1. The lowest BCUT2D eigenvalue weighted by atomic mass is 9.92. The molecule has 0 bridgehead atoms. The highest BCUT2D eigenvalue weighted by atomic mass is 35.5. The van der Waals surface area contributed by atoms with Gasteiger partial charge in [0.1, 0.15) is 11.3 Å². The van der Waals surface area contributed by atoms with Gasteiger partial charge in [0.25, 0.3) is 0 Å². The van der Waals surface area contributed by atoms with E-state index < -0.39 is 0 Å². The molecule has 0 radical (unpaired) electrons. The zero-order valence-corrected chi connectivity index (χ0v) is 20.0. The number of benzene rings is 1. The van der Waals surface area contributed by atoms with E-state index in [1.54, 1.807) is 0 Å². The van der Waals surface area contributed by atoms with E-state index in [0.29, 0.717) is 17.2 Å². The first kappa shape index (κ1) is 24.7. The van der Waals surface area contributed by atoms with E-state index in [4.69, 9.17) is 21.1 Å². The van der Waals surface area contributed by atoms with E-state index in [1.807, 2.05) is 49.5 Å². The number of rotatable bonds is 3. The van der Waals surface area contributed by atoms with E-state index in [2.05, 4.69) is 21.4 Å². The topological polar surface area (TPSA) is 56.3 Å². The number of para-hydroxylation sites is 1. The lowest BCUT2D eigenvalue weighted by Gasteiger charge is -2.27. The summed E-state index contributed by atoms with van der Waals surface area (Å²) in [5, 5.41) is 5.05. The van der Waals surface area contributed by atoms with Crippen molar-refractivity contribution in [3.05, 3.63) is 64.9 Å². The highest BCUT2D eigenvalue weighted by Crippen LogP contribution is 2.33. The summed E-state index contributed by atoms with van der Waals surface area (Å²) in [5.41, 5.74) is 3.42. The predicted molar refractivity (Wildman–Crippen MR) is 132 cm³/mol. The molecule has 2 aliphatic rings. The summed E-state index contributed by atoms with van der Waals surface area (Å²) >= 11 is 5.78. The summed E-state index contributed by atoms with van der Waals surface area (Å²) in [7, 11) is 0. The van der Waals surface area contributed by atoms with E-state index in [1.165, 1.54) is 5.56 Å². The van der Waals surface area contributed by atoms with Gasteiger partial charge in [-0.3, -0.25) is 0 Å². The molecule has 0 unspecified atom stereocenters. The zero-order valence-electron chi connectivity index (χ0n) is 18.4. The van der Waals surface area contributed by atoms with Gasteiger partial charge >= 0.3 is 0 Å². The third-order valence-electron chi connectivity index (χ3n) is 5.91. The van der Waals surface area contributed by atoms with Crippen molar-refractivity contribution in [3.63, 3.8) is 0 Å². The van der Waals surface area contributed by atoms with Crippen molar-refractivity contribution in [1.29, 1.82) is 0 Å². The van der Waals surface area contributed by atoms with E-state index in [0.717, 1.165) is 74.3 Å². The predicted octanol–water partition coefficient (Wildman–Crippen LogP) is 5.72. The van der Waals surface area contributed by atoms with Crippen LogP contribution in [0.5, 0.6) is 5.88 Å². The molecular formula is C25H31Cl2N3O2. The van der Waals surface area contributed by atoms with Crippen molar-refractivity contribution < 1.29 is 9.47 Å². The molecule has 1 aromatic carbocycles. The first-order valence-corrected chi connectivity index (χ1v) is 11.5. The minimum Gasteiger partial charge on any atom is -0.474 e. The Labute approximate surface area is 201 Å². The van der Waals surface area contributed by atoms with Crippen LogP contribution in [0, 0.1) is 6.92 Å². The molecule has 7 heteroatoms. The third kappa shape index (κ3) is 6.55. The first-order valence-electron chi connectivity index (χ1n) is 11.1. The van der Waals surface area contributed by atoms with Crippen molar-refractivity contribution in [1.82, 2.24) is 15.3 Å². The van der Waals surface area contributed by atoms with Crippen LogP contribution in [0.3, 0.4) is 0 Å². The van der Waals surface area contributed by atoms with Gasteiger partial charge in [0.2, 0.25) is 5.88 Å². The van der Waals surface area contributed by atoms with Crippen LogP contribution in [0.2, 0.25) is 5.15 Å². The number of nitrogens with zero attached hydrogens (tertiary/aromatic N) is 2. The van der Waals surface area contributed by atoms with Gasteiger partial charge in [-0.2, -0.15) is 0 Å². The van der Waals surface area contributed by atoms with Crippen molar-refractivity contribution in [2.75, 3.05) is 26.3 Å². The Balaban J connectivity index is 0.000000193. The zero-order chi connectivity index (χ0) is 21.5. The Hall–Kier alpha value is -1.92. The average Bonchev–Trinajstić information content (AvgIpc) is 2.82. The van der Waals surface area contributed by atoms with Gasteiger partial charge < -0.3 is 14.8 Å². The number of halogens is 2. The van der Waals surface area contributed by atoms with E-state index in [-0.39, 0.29) is 12.4 Å². The van der Waals surface area contributed by atoms with Crippen LogP contribution in [-0.4, -0.2) is 42.4 Å². The summed E-state index contributed by atoms with van der Waals surface area (Å²) in [6.07, 6.45) is 6.45. The largest absolute Gasteiger partial charge is 0.474 e. The number of hydrogen-bond donors (Lipinski definition) is 1. The van der Waals surface area contributed by atoms with Crippen molar-refractivity contribution in [3.8, 4) is 5.88 Å². The third-order valence-corrected chi connectivity index (χ3v) is 6.12. The summed E-state index contributed by atoms with van der Waals surface area (Å²) in [6, 6.07) is 14.1. The van der Waals surface area contributed by atoms with Gasteiger partial charge in [-0.1, -0.05) is 35.9 Å². The number of aromatic nitrogens is 2. The molecule has 0 aliphatic carbocycles. The number of aryl methyl sites for hydroxylation is 1. The van der Waals surface area contributed by atoms with Crippen LogP contribution in [-0.2, 0) is 4.74 Å². The standard InChI is InChI=1S/C15H22N2O2.C10H8ClN.ClH/c1-2-14(12-5-10-18-11-6-12)15(17-7-1)19-13-3-8-16-9-4-13;1-7-3-2-4-8-5-6-9(11)12-10(7)8;/h1-2,7,12-13,16H,3-6,8-11H2;2-6H,1H3;1H. The Bertz CT molecular complexity index is 990. The minimum atomic E-state index is 0. The normalized spacial score (nSPS) is 17.2. The van der Waals surface area contributed by atoms with Gasteiger partial charge in [0, 0.05) is 30.4 Å². The number of piperidine rings is 1. The van der Waals surface area contributed by atoms with Crippen LogP contribution < -0.4 is 10.1 Å². The molecule has 5 nitrogen and oxygen atoms in total. The molecular weight excluding hydrogens is 445 g/mol. The second-order valence-electron chi connectivity index (χ2n) is 8.13. The molecule has 2 saturated heterocycles. The minimum absolute atomic E-state index is 0. The lowest BCUT2D eigenvalue weighted by Crippen LogP contribution is -2.34. The molecule has 4 heterocycles. The molecule has 2 aromatic heterocycles. The molecule has 2 fully saturated rings. The number of fused-ring (bicyclic) bond motifs is 1. The van der Waals surface area contributed by atoms with Gasteiger partial charge in [0.05, 0.1) is 5.52 Å². The Kier molecular flexibility index (Phi) is 9.54. The molecule has 32 heavy (non-hydrogen) atoms. The van der Waals surface area contributed by atoms with Crippen LogP contribution in [0.25, 0.3) is 10.9 Å². The van der Waals surface area contributed by atoms with E-state index >= 15 is 0 Å². The lowest BCUT2D eigenvalue weighted by molar-refractivity contribution is 0.0832. The molecule has 5 rings (SSSR count). The van der Waals surface area contributed by atoms with Crippen LogP contribution in [0.1, 0.15) is 42.7 Å². The monoisotopic (exact) mass is 475 g/mol. The molecule has 0 saturated carbocycles. The first-order chi connectivity index (χ1) is 15.2. The molecule has 0 amide bonds. The van der Waals surface area contributed by atoms with Gasteiger partial charge in [-0.05, 0) is 75.4 Å². The number of hydrogen-bond acceptors (Lipinski definition) is 5. The Morgan fingerprint density at radius 2 is 1.78 bits per heavy atom. The quantitative estimate of drug-likeness (QED) is 0.490. The summed E-state index contributed by atoms with van der Waals surface area (Å²) in [6.45, 7) is 5.83. The van der Waals surface area contributed by atoms with Crippen molar-refractivity contribution in [2.45, 2.75) is 44.6 Å². The smallest absolute Gasteiger partial charge is 0.217 e. The molecule has 0 spiro atoms. The Morgan fingerprint density at radius 1 is 1.00 bits per heavy atom. The maximum absolute atomic E-state index is 6.15. The molecule has 172 valence electrons. The van der Waals surface area contributed by atoms with Crippen LogP contribution in [0.15, 0.2) is 48.7 Å². The van der Waals surface area contributed by atoms with Crippen LogP contribution in [0.4, 0.5) is 0 Å². The number of nitrogens with one attached hydrogen (secondary N) is 1. The van der Waals surface area contributed by atoms with Crippen molar-refractivity contribution in [2.24, 2.45) is 0 Å². The number of pyridine rings is 2. The maximum atomic E-state index is 6.15. The second kappa shape index (κ2) is 12.4. The fraction of sp³-hybridized carbons (Fsp3) is 0.440. The Morgan fingerprint density at radius 3 is 2.56 bits per heavy atom. The highest BCUT2D eigenvalue weighted by molar-refractivity contribution is 6.29. The summed E-state index contributed by atoms with van der Waals surface area (Å²) in [4.78, 5) is 8.71. The molecule has 0 atom stereocenters. The van der Waals surface area contributed by atoms with E-state index in [9.17, 15) is 0 Å². The fourth-order valence-corrected chi connectivity index (χ4v) is 4.31. The molecule has 2 aliphatic heterocycles. The van der Waals surface area contributed by atoms with Gasteiger partial charge in [-0.15, -0.1) is 12.4 Å².